The number of thioether (sulfide) groups is 1. The zero-order chi connectivity index (χ0) is 12.8. The minimum Gasteiger partial charge on any atom is -0.478 e. The van der Waals surface area contributed by atoms with Crippen LogP contribution in [0.2, 0.25) is 0 Å². The second-order valence-electron chi connectivity index (χ2n) is 4.53. The van der Waals surface area contributed by atoms with Crippen molar-refractivity contribution in [3.63, 3.8) is 0 Å². The predicted octanol–water partition coefficient (Wildman–Crippen LogP) is 2.96. The van der Waals surface area contributed by atoms with E-state index in [0.29, 0.717) is 18.5 Å². The first kappa shape index (κ1) is 13.5. The average molecular weight is 267 g/mol. The first-order valence-electron chi connectivity index (χ1n) is 6.56. The van der Waals surface area contributed by atoms with Gasteiger partial charge in [0.15, 0.2) is 0 Å². The maximum absolute atomic E-state index is 5.38. The van der Waals surface area contributed by atoms with Gasteiger partial charge in [-0.25, -0.2) is 9.97 Å². The van der Waals surface area contributed by atoms with E-state index < -0.39 is 0 Å². The molecule has 1 heterocycles. The molecular formula is C13H21N3OS. The summed E-state index contributed by atoms with van der Waals surface area (Å²) in [4.78, 5) is 8.32. The van der Waals surface area contributed by atoms with E-state index in [1.54, 1.807) is 6.33 Å². The van der Waals surface area contributed by atoms with E-state index in [1.165, 1.54) is 25.7 Å². The molecule has 0 aliphatic heterocycles. The Morgan fingerprint density at radius 1 is 1.33 bits per heavy atom. The number of anilines is 1. The summed E-state index contributed by atoms with van der Waals surface area (Å²) in [5, 5.41) is 4.32. The molecule has 1 aliphatic rings. The van der Waals surface area contributed by atoms with E-state index in [0.717, 1.165) is 11.1 Å². The Morgan fingerprint density at radius 2 is 2.11 bits per heavy atom. The van der Waals surface area contributed by atoms with E-state index >= 15 is 0 Å². The maximum atomic E-state index is 5.38. The van der Waals surface area contributed by atoms with Gasteiger partial charge in [0, 0.05) is 17.4 Å². The van der Waals surface area contributed by atoms with Crippen LogP contribution < -0.4 is 10.1 Å². The number of nitrogens with zero attached hydrogens (tertiary/aromatic N) is 2. The Morgan fingerprint density at radius 3 is 2.78 bits per heavy atom. The van der Waals surface area contributed by atoms with Crippen molar-refractivity contribution in [2.45, 2.75) is 43.9 Å². The highest BCUT2D eigenvalue weighted by Gasteiger charge is 2.20. The Hall–Kier alpha value is -0.970. The second-order valence-corrected chi connectivity index (χ2v) is 5.67. The molecule has 2 rings (SSSR count). The van der Waals surface area contributed by atoms with Gasteiger partial charge < -0.3 is 10.1 Å². The van der Waals surface area contributed by atoms with E-state index in [2.05, 4.69) is 21.5 Å². The third kappa shape index (κ3) is 3.77. The second kappa shape index (κ2) is 6.83. The SMILES string of the molecule is CCOc1cc(NC2CCC(SC)CC2)ncn1. The van der Waals surface area contributed by atoms with Crippen molar-refractivity contribution in [1.82, 2.24) is 9.97 Å². The quantitative estimate of drug-likeness (QED) is 0.888. The predicted molar refractivity (Wildman–Crippen MR) is 76.4 cm³/mol. The number of aromatic nitrogens is 2. The van der Waals surface area contributed by atoms with Crippen LogP contribution >= 0.6 is 11.8 Å². The van der Waals surface area contributed by atoms with Gasteiger partial charge in [0.1, 0.15) is 12.1 Å². The molecule has 0 amide bonds. The van der Waals surface area contributed by atoms with Gasteiger partial charge in [-0.15, -0.1) is 0 Å². The monoisotopic (exact) mass is 267 g/mol. The average Bonchev–Trinajstić information content (AvgIpc) is 2.40. The Balaban J connectivity index is 1.87. The molecule has 0 bridgehead atoms. The van der Waals surface area contributed by atoms with Crippen LogP contribution in [0.3, 0.4) is 0 Å². The fourth-order valence-corrected chi connectivity index (χ4v) is 3.04. The molecule has 1 saturated carbocycles. The van der Waals surface area contributed by atoms with Crippen LogP contribution in [-0.4, -0.2) is 34.1 Å². The summed E-state index contributed by atoms with van der Waals surface area (Å²) in [6.07, 6.45) is 8.79. The first-order chi connectivity index (χ1) is 8.81. The highest BCUT2D eigenvalue weighted by molar-refractivity contribution is 7.99. The molecule has 1 aromatic rings. The fraction of sp³-hybridized carbons (Fsp3) is 0.692. The number of nitrogens with one attached hydrogen (secondary N) is 1. The summed E-state index contributed by atoms with van der Waals surface area (Å²) in [7, 11) is 0. The van der Waals surface area contributed by atoms with Crippen molar-refractivity contribution in [2.75, 3.05) is 18.2 Å². The molecule has 0 unspecified atom stereocenters. The van der Waals surface area contributed by atoms with Gasteiger partial charge >= 0.3 is 0 Å². The Kier molecular flexibility index (Phi) is 5.11. The molecule has 0 atom stereocenters. The summed E-state index contributed by atoms with van der Waals surface area (Å²) >= 11 is 1.99. The summed E-state index contributed by atoms with van der Waals surface area (Å²) in [5.41, 5.74) is 0. The third-order valence-electron chi connectivity index (χ3n) is 3.29. The van der Waals surface area contributed by atoms with E-state index in [9.17, 15) is 0 Å². The molecule has 4 nitrogen and oxygen atoms in total. The molecule has 0 aromatic carbocycles. The molecule has 0 spiro atoms. The van der Waals surface area contributed by atoms with Gasteiger partial charge in [-0.05, 0) is 38.9 Å². The van der Waals surface area contributed by atoms with Crippen LogP contribution in [0.4, 0.5) is 5.82 Å². The van der Waals surface area contributed by atoms with Crippen molar-refractivity contribution in [3.8, 4) is 5.88 Å². The lowest BCUT2D eigenvalue weighted by atomic mass is 9.95. The molecular weight excluding hydrogens is 246 g/mol. The van der Waals surface area contributed by atoms with E-state index in [1.807, 2.05) is 24.8 Å². The molecule has 1 aliphatic carbocycles. The highest BCUT2D eigenvalue weighted by Crippen LogP contribution is 2.28. The Labute approximate surface area is 113 Å². The van der Waals surface area contributed by atoms with Crippen molar-refractivity contribution in [1.29, 1.82) is 0 Å². The molecule has 100 valence electrons. The van der Waals surface area contributed by atoms with Crippen LogP contribution in [0.5, 0.6) is 5.88 Å². The highest BCUT2D eigenvalue weighted by atomic mass is 32.2. The lowest BCUT2D eigenvalue weighted by molar-refractivity contribution is 0.326. The molecule has 1 fully saturated rings. The van der Waals surface area contributed by atoms with E-state index in [4.69, 9.17) is 4.74 Å². The van der Waals surface area contributed by atoms with Crippen LogP contribution in [-0.2, 0) is 0 Å². The van der Waals surface area contributed by atoms with E-state index in [-0.39, 0.29) is 0 Å². The molecule has 0 saturated heterocycles. The number of hydrogen-bond donors (Lipinski definition) is 1. The van der Waals surface area contributed by atoms with Gasteiger partial charge in [0.2, 0.25) is 5.88 Å². The Bertz CT molecular complexity index is 367. The van der Waals surface area contributed by atoms with Gasteiger partial charge in [-0.1, -0.05) is 0 Å². The standard InChI is InChI=1S/C13H21N3OS/c1-3-17-13-8-12(14-9-15-13)16-10-4-6-11(18-2)7-5-10/h8-11H,3-7H2,1-2H3,(H,14,15,16). The normalized spacial score (nSPS) is 23.7. The summed E-state index contributed by atoms with van der Waals surface area (Å²) in [5.74, 6) is 1.52. The minimum absolute atomic E-state index is 0.540. The zero-order valence-corrected chi connectivity index (χ0v) is 11.9. The van der Waals surface area contributed by atoms with Crippen molar-refractivity contribution >= 4 is 17.6 Å². The largest absolute Gasteiger partial charge is 0.478 e. The van der Waals surface area contributed by atoms with Gasteiger partial charge in [0.25, 0.3) is 0 Å². The van der Waals surface area contributed by atoms with Crippen LogP contribution in [0.15, 0.2) is 12.4 Å². The zero-order valence-electron chi connectivity index (χ0n) is 11.1. The van der Waals surface area contributed by atoms with Gasteiger partial charge in [-0.2, -0.15) is 11.8 Å². The smallest absolute Gasteiger partial charge is 0.218 e. The van der Waals surface area contributed by atoms with Crippen LogP contribution in [0, 0.1) is 0 Å². The lowest BCUT2D eigenvalue weighted by Crippen LogP contribution is -2.27. The van der Waals surface area contributed by atoms with Crippen molar-refractivity contribution in [2.24, 2.45) is 0 Å². The van der Waals surface area contributed by atoms with Gasteiger partial charge in [0.05, 0.1) is 6.61 Å². The number of rotatable bonds is 5. The lowest BCUT2D eigenvalue weighted by Gasteiger charge is -2.28. The minimum atomic E-state index is 0.540. The van der Waals surface area contributed by atoms with Gasteiger partial charge in [-0.3, -0.25) is 0 Å². The van der Waals surface area contributed by atoms with Crippen LogP contribution in [0.25, 0.3) is 0 Å². The maximum Gasteiger partial charge on any atom is 0.218 e. The molecule has 1 aromatic heterocycles. The topological polar surface area (TPSA) is 47.0 Å². The fourth-order valence-electron chi connectivity index (χ4n) is 2.30. The molecule has 0 radical (unpaired) electrons. The number of hydrogen-bond acceptors (Lipinski definition) is 5. The molecule has 18 heavy (non-hydrogen) atoms. The third-order valence-corrected chi connectivity index (χ3v) is 4.43. The summed E-state index contributed by atoms with van der Waals surface area (Å²) in [6.45, 7) is 2.59. The molecule has 5 heteroatoms. The van der Waals surface area contributed by atoms with Crippen LogP contribution in [0.1, 0.15) is 32.6 Å². The summed E-state index contributed by atoms with van der Waals surface area (Å²) < 4.78 is 5.38. The van der Waals surface area contributed by atoms with Crippen molar-refractivity contribution < 1.29 is 4.74 Å². The molecule has 1 N–H and O–H groups in total. The van der Waals surface area contributed by atoms with Crippen molar-refractivity contribution in [3.05, 3.63) is 12.4 Å². The first-order valence-corrected chi connectivity index (χ1v) is 7.84. The number of ether oxygens (including phenoxy) is 1. The summed E-state index contributed by atoms with van der Waals surface area (Å²) in [6, 6.07) is 2.42.